The van der Waals surface area contributed by atoms with Crippen LogP contribution >= 0.6 is 0 Å². The number of carboxylic acids is 1. The Balaban J connectivity index is 2.26. The number of amides is 1. The zero-order chi connectivity index (χ0) is 14.3. The van der Waals surface area contributed by atoms with Crippen molar-refractivity contribution in [1.29, 1.82) is 0 Å². The van der Waals surface area contributed by atoms with Crippen LogP contribution in [0.2, 0.25) is 0 Å². The summed E-state index contributed by atoms with van der Waals surface area (Å²) < 4.78 is 10.1. The highest BCUT2D eigenvalue weighted by Gasteiger charge is 2.40. The minimum absolute atomic E-state index is 0.174. The van der Waals surface area contributed by atoms with E-state index in [9.17, 15) is 9.59 Å². The lowest BCUT2D eigenvalue weighted by molar-refractivity contribution is -0.146. The summed E-state index contributed by atoms with van der Waals surface area (Å²) in [6, 6.07) is 0. The maximum absolute atomic E-state index is 11.9. The number of carboxylic acid groups (broad SMARTS) is 1. The average Bonchev–Trinajstić information content (AvgIpc) is 2.76. The van der Waals surface area contributed by atoms with Gasteiger partial charge in [-0.3, -0.25) is 9.59 Å². The molecule has 6 heteroatoms. The summed E-state index contributed by atoms with van der Waals surface area (Å²) in [5.41, 5.74) is 0. The van der Waals surface area contributed by atoms with Crippen LogP contribution in [0.3, 0.4) is 0 Å². The molecule has 0 saturated heterocycles. The van der Waals surface area contributed by atoms with Crippen molar-refractivity contribution in [2.75, 3.05) is 33.5 Å². The van der Waals surface area contributed by atoms with Gasteiger partial charge in [0.2, 0.25) is 5.91 Å². The highest BCUT2D eigenvalue weighted by Crippen LogP contribution is 2.36. The van der Waals surface area contributed by atoms with Crippen molar-refractivity contribution < 1.29 is 24.2 Å². The Kier molecular flexibility index (Phi) is 6.80. The van der Waals surface area contributed by atoms with Crippen LogP contribution in [0.25, 0.3) is 0 Å². The monoisotopic (exact) mass is 273 g/mol. The summed E-state index contributed by atoms with van der Waals surface area (Å²) in [5.74, 6) is -1.72. The Morgan fingerprint density at radius 2 is 1.89 bits per heavy atom. The van der Waals surface area contributed by atoms with E-state index in [4.69, 9.17) is 14.6 Å². The van der Waals surface area contributed by atoms with Gasteiger partial charge in [0.1, 0.15) is 0 Å². The van der Waals surface area contributed by atoms with E-state index in [1.54, 1.807) is 7.11 Å². The molecule has 1 saturated carbocycles. The molecule has 0 radical (unpaired) electrons. The van der Waals surface area contributed by atoms with E-state index in [1.807, 2.05) is 6.92 Å². The second-order valence-electron chi connectivity index (χ2n) is 5.02. The van der Waals surface area contributed by atoms with E-state index in [0.717, 1.165) is 0 Å². The zero-order valence-corrected chi connectivity index (χ0v) is 11.6. The zero-order valence-electron chi connectivity index (χ0n) is 11.6. The summed E-state index contributed by atoms with van der Waals surface area (Å²) in [6.45, 7) is 3.81. The second-order valence-corrected chi connectivity index (χ2v) is 5.02. The van der Waals surface area contributed by atoms with Gasteiger partial charge in [0.05, 0.1) is 31.7 Å². The van der Waals surface area contributed by atoms with Gasteiger partial charge in [0.25, 0.3) is 0 Å². The number of rotatable bonds is 8. The van der Waals surface area contributed by atoms with Crippen molar-refractivity contribution in [1.82, 2.24) is 5.32 Å². The molecular formula is C13H23NO5. The van der Waals surface area contributed by atoms with Gasteiger partial charge in [-0.1, -0.05) is 6.92 Å². The molecule has 1 amide bonds. The number of carbonyl (C=O) groups is 2. The molecule has 0 aromatic carbocycles. The molecule has 0 aliphatic heterocycles. The smallest absolute Gasteiger partial charge is 0.307 e. The Labute approximate surface area is 113 Å². The van der Waals surface area contributed by atoms with Crippen LogP contribution < -0.4 is 5.32 Å². The first kappa shape index (κ1) is 15.9. The first-order chi connectivity index (χ1) is 9.06. The fourth-order valence-electron chi connectivity index (χ4n) is 2.48. The third kappa shape index (κ3) is 5.16. The highest BCUT2D eigenvalue weighted by molar-refractivity contribution is 5.85. The van der Waals surface area contributed by atoms with Gasteiger partial charge < -0.3 is 19.9 Å². The lowest BCUT2D eigenvalue weighted by atomic mass is 9.95. The first-order valence-corrected chi connectivity index (χ1v) is 6.63. The van der Waals surface area contributed by atoms with Gasteiger partial charge in [-0.05, 0) is 18.8 Å². The number of aliphatic carboxylic acids is 1. The minimum atomic E-state index is -0.874. The van der Waals surface area contributed by atoms with Crippen molar-refractivity contribution in [3.8, 4) is 0 Å². The molecule has 0 heterocycles. The van der Waals surface area contributed by atoms with E-state index in [0.29, 0.717) is 39.2 Å². The van der Waals surface area contributed by atoms with Crippen LogP contribution in [0.4, 0.5) is 0 Å². The molecule has 1 aliphatic carbocycles. The summed E-state index contributed by atoms with van der Waals surface area (Å²) in [6.07, 6.45) is 1.23. The fourth-order valence-corrected chi connectivity index (χ4v) is 2.48. The largest absolute Gasteiger partial charge is 0.481 e. The molecular weight excluding hydrogens is 250 g/mol. The maximum Gasteiger partial charge on any atom is 0.307 e. The summed E-state index contributed by atoms with van der Waals surface area (Å²) in [7, 11) is 1.60. The molecule has 0 aromatic heterocycles. The van der Waals surface area contributed by atoms with E-state index in [2.05, 4.69) is 5.32 Å². The number of hydrogen-bond donors (Lipinski definition) is 2. The van der Waals surface area contributed by atoms with E-state index >= 15 is 0 Å². The van der Waals surface area contributed by atoms with Crippen molar-refractivity contribution in [2.24, 2.45) is 17.8 Å². The average molecular weight is 273 g/mol. The third-order valence-electron chi connectivity index (χ3n) is 3.43. The van der Waals surface area contributed by atoms with E-state index in [-0.39, 0.29) is 11.8 Å². The Morgan fingerprint density at radius 3 is 2.53 bits per heavy atom. The SMILES string of the molecule is COCCOCCNC(=O)C1CC(C)CC1C(=O)O. The summed E-state index contributed by atoms with van der Waals surface area (Å²) in [5, 5.41) is 11.8. The fraction of sp³-hybridized carbons (Fsp3) is 0.846. The number of methoxy groups -OCH3 is 1. The molecule has 1 rings (SSSR count). The molecule has 3 unspecified atom stereocenters. The number of carbonyl (C=O) groups excluding carboxylic acids is 1. The maximum atomic E-state index is 11.9. The van der Waals surface area contributed by atoms with Crippen LogP contribution in [0, 0.1) is 17.8 Å². The highest BCUT2D eigenvalue weighted by atomic mass is 16.5. The van der Waals surface area contributed by atoms with Gasteiger partial charge >= 0.3 is 5.97 Å². The van der Waals surface area contributed by atoms with Crippen molar-refractivity contribution in [2.45, 2.75) is 19.8 Å². The predicted molar refractivity (Wildman–Crippen MR) is 68.7 cm³/mol. The standard InChI is InChI=1S/C13H23NO5/c1-9-7-10(11(8-9)13(16)17)12(15)14-3-4-19-6-5-18-2/h9-11H,3-8H2,1-2H3,(H,14,15)(H,16,17). The molecule has 3 atom stereocenters. The first-order valence-electron chi connectivity index (χ1n) is 6.63. The number of hydrogen-bond acceptors (Lipinski definition) is 4. The van der Waals surface area contributed by atoms with Gasteiger partial charge in [0, 0.05) is 13.7 Å². The molecule has 2 N–H and O–H groups in total. The molecule has 6 nitrogen and oxygen atoms in total. The Hall–Kier alpha value is -1.14. The van der Waals surface area contributed by atoms with E-state index in [1.165, 1.54) is 0 Å². The molecule has 0 spiro atoms. The second kappa shape index (κ2) is 8.12. The van der Waals surface area contributed by atoms with Crippen LogP contribution in [-0.4, -0.2) is 50.5 Å². The molecule has 1 aliphatic rings. The predicted octanol–water partition coefficient (Wildman–Crippen LogP) is 0.512. The molecule has 0 aromatic rings. The topological polar surface area (TPSA) is 84.9 Å². The molecule has 19 heavy (non-hydrogen) atoms. The van der Waals surface area contributed by atoms with Crippen molar-refractivity contribution in [3.63, 3.8) is 0 Å². The lowest BCUT2D eigenvalue weighted by Crippen LogP contribution is -2.37. The van der Waals surface area contributed by atoms with Gasteiger partial charge in [-0.2, -0.15) is 0 Å². The normalized spacial score (nSPS) is 26.3. The van der Waals surface area contributed by atoms with Crippen molar-refractivity contribution >= 4 is 11.9 Å². The number of ether oxygens (including phenoxy) is 2. The summed E-state index contributed by atoms with van der Waals surface area (Å²) >= 11 is 0. The van der Waals surface area contributed by atoms with Crippen LogP contribution in [0.5, 0.6) is 0 Å². The molecule has 110 valence electrons. The van der Waals surface area contributed by atoms with Crippen molar-refractivity contribution in [3.05, 3.63) is 0 Å². The molecule has 1 fully saturated rings. The Bertz CT molecular complexity index is 307. The Morgan fingerprint density at radius 1 is 1.21 bits per heavy atom. The van der Waals surface area contributed by atoms with Gasteiger partial charge in [-0.15, -0.1) is 0 Å². The minimum Gasteiger partial charge on any atom is -0.481 e. The third-order valence-corrected chi connectivity index (χ3v) is 3.43. The van der Waals surface area contributed by atoms with Crippen LogP contribution in [0.1, 0.15) is 19.8 Å². The lowest BCUT2D eigenvalue weighted by Gasteiger charge is -2.15. The van der Waals surface area contributed by atoms with Crippen LogP contribution in [0.15, 0.2) is 0 Å². The quantitative estimate of drug-likeness (QED) is 0.630. The van der Waals surface area contributed by atoms with E-state index < -0.39 is 17.8 Å². The molecule has 0 bridgehead atoms. The van der Waals surface area contributed by atoms with Crippen LogP contribution in [-0.2, 0) is 19.1 Å². The summed E-state index contributed by atoms with van der Waals surface area (Å²) in [4.78, 5) is 23.0. The van der Waals surface area contributed by atoms with Gasteiger partial charge in [-0.25, -0.2) is 0 Å². The number of nitrogens with one attached hydrogen (secondary N) is 1. The van der Waals surface area contributed by atoms with Gasteiger partial charge in [0.15, 0.2) is 0 Å².